The van der Waals surface area contributed by atoms with Gasteiger partial charge in [0.25, 0.3) is 0 Å². The lowest BCUT2D eigenvalue weighted by Crippen LogP contribution is -2.18. The first-order valence-corrected chi connectivity index (χ1v) is 6.82. The summed E-state index contributed by atoms with van der Waals surface area (Å²) in [4.78, 5) is 0. The van der Waals surface area contributed by atoms with Crippen LogP contribution in [0.3, 0.4) is 0 Å². The van der Waals surface area contributed by atoms with Crippen molar-refractivity contribution in [1.29, 1.82) is 0 Å². The molecule has 0 saturated carbocycles. The van der Waals surface area contributed by atoms with Crippen LogP contribution in [-0.4, -0.2) is 6.04 Å². The second-order valence-corrected chi connectivity index (χ2v) is 3.22. The maximum absolute atomic E-state index is 5.57. The maximum atomic E-state index is 5.57. The molecule has 1 nitrogen and oxygen atoms in total. The Morgan fingerprint density at radius 1 is 1.19 bits per heavy atom. The second kappa shape index (κ2) is 19.9. The monoisotopic (exact) mass is 227 g/mol. The molecule has 0 spiro atoms. The number of hydrogen-bond acceptors (Lipinski definition) is 1. The molecule has 0 aromatic carbocycles. The van der Waals surface area contributed by atoms with E-state index >= 15 is 0 Å². The van der Waals surface area contributed by atoms with Gasteiger partial charge >= 0.3 is 0 Å². The van der Waals surface area contributed by atoms with Gasteiger partial charge in [-0.15, -0.1) is 0 Å². The lowest BCUT2D eigenvalue weighted by atomic mass is 10.0. The van der Waals surface area contributed by atoms with Crippen LogP contribution >= 0.6 is 0 Å². The molecule has 0 aromatic rings. The third-order valence-electron chi connectivity index (χ3n) is 1.88. The quantitative estimate of drug-likeness (QED) is 0.664. The van der Waals surface area contributed by atoms with E-state index in [2.05, 4.69) is 20.4 Å². The van der Waals surface area contributed by atoms with E-state index in [4.69, 9.17) is 5.73 Å². The fourth-order valence-electron chi connectivity index (χ4n) is 0.791. The Morgan fingerprint density at radius 2 is 1.62 bits per heavy atom. The smallest absolute Gasteiger partial charge is 0.0230 e. The molecule has 1 aliphatic carbocycles. The highest BCUT2D eigenvalue weighted by molar-refractivity contribution is 5.20. The van der Waals surface area contributed by atoms with Crippen molar-refractivity contribution in [3.05, 3.63) is 24.3 Å². The zero-order chi connectivity index (χ0) is 13.4. The van der Waals surface area contributed by atoms with E-state index in [1.165, 1.54) is 18.4 Å². The Balaban J connectivity index is -0.000000181. The molecule has 0 fully saturated rings. The molecule has 0 aliphatic heterocycles. The van der Waals surface area contributed by atoms with Crippen LogP contribution in [0, 0.1) is 0 Å². The number of allylic oxidation sites excluding steroid dienone is 2. The van der Waals surface area contributed by atoms with Crippen LogP contribution in [0.25, 0.3) is 0 Å². The Hall–Kier alpha value is -0.560. The van der Waals surface area contributed by atoms with E-state index in [0.717, 1.165) is 12.8 Å². The molecule has 0 saturated heterocycles. The summed E-state index contributed by atoms with van der Waals surface area (Å²) in [5.74, 6) is 0. The van der Waals surface area contributed by atoms with Gasteiger partial charge in [0.05, 0.1) is 0 Å². The lowest BCUT2D eigenvalue weighted by molar-refractivity contribution is 0.704. The Bertz CT molecular complexity index is 146. The number of nitrogens with two attached hydrogens (primary N) is 1. The van der Waals surface area contributed by atoms with Gasteiger partial charge in [-0.3, -0.25) is 0 Å². The molecule has 16 heavy (non-hydrogen) atoms. The summed E-state index contributed by atoms with van der Waals surface area (Å²) in [6.45, 7) is 16.2. The SMILES string of the molecule is C=C1C=CC(N)CC1.CC.CC.CCCC. The number of rotatable bonds is 1. The normalized spacial score (nSPS) is 16.9. The minimum atomic E-state index is 0.278. The Morgan fingerprint density at radius 3 is 1.81 bits per heavy atom. The molecule has 1 atom stereocenters. The summed E-state index contributed by atoms with van der Waals surface area (Å²) in [5, 5.41) is 0. The second-order valence-electron chi connectivity index (χ2n) is 3.22. The zero-order valence-corrected chi connectivity index (χ0v) is 12.3. The van der Waals surface area contributed by atoms with Crippen molar-refractivity contribution in [2.45, 2.75) is 73.3 Å². The Kier molecular flexibility index (Phi) is 25.9. The highest BCUT2D eigenvalue weighted by Gasteiger charge is 2.02. The van der Waals surface area contributed by atoms with Gasteiger partial charge in [0.15, 0.2) is 0 Å². The minimum absolute atomic E-state index is 0.278. The lowest BCUT2D eigenvalue weighted by Gasteiger charge is -2.11. The van der Waals surface area contributed by atoms with E-state index in [9.17, 15) is 0 Å². The van der Waals surface area contributed by atoms with Gasteiger partial charge in [-0.2, -0.15) is 0 Å². The first kappa shape index (κ1) is 20.8. The summed E-state index contributed by atoms with van der Waals surface area (Å²) in [6.07, 6.45) is 8.78. The standard InChI is InChI=1S/C7H11N.C4H10.2C2H6/c1-6-2-4-7(8)5-3-6;1-3-4-2;2*1-2/h2,4,7H,1,3,5,8H2;3-4H2,1-2H3;2*1-2H3. The third-order valence-corrected chi connectivity index (χ3v) is 1.88. The minimum Gasteiger partial charge on any atom is -0.324 e. The molecule has 0 heterocycles. The molecule has 1 aliphatic rings. The highest BCUT2D eigenvalue weighted by Crippen LogP contribution is 2.12. The van der Waals surface area contributed by atoms with Gasteiger partial charge in [-0.05, 0) is 12.8 Å². The maximum Gasteiger partial charge on any atom is 0.0230 e. The van der Waals surface area contributed by atoms with Crippen molar-refractivity contribution in [3.63, 3.8) is 0 Å². The fourth-order valence-corrected chi connectivity index (χ4v) is 0.791. The van der Waals surface area contributed by atoms with Crippen LogP contribution in [0.1, 0.15) is 67.2 Å². The molecule has 0 aromatic heterocycles. The molecular formula is C15H33N. The average Bonchev–Trinajstić information content (AvgIpc) is 2.38. The van der Waals surface area contributed by atoms with Crippen LogP contribution in [0.5, 0.6) is 0 Å². The van der Waals surface area contributed by atoms with Crippen LogP contribution in [-0.2, 0) is 0 Å². The zero-order valence-electron chi connectivity index (χ0n) is 12.3. The summed E-state index contributed by atoms with van der Waals surface area (Å²) in [6, 6.07) is 0.278. The topological polar surface area (TPSA) is 26.0 Å². The average molecular weight is 227 g/mol. The van der Waals surface area contributed by atoms with E-state index in [1.807, 2.05) is 39.8 Å². The third kappa shape index (κ3) is 19.1. The first-order valence-electron chi connectivity index (χ1n) is 6.82. The molecule has 1 heteroatoms. The largest absolute Gasteiger partial charge is 0.324 e. The van der Waals surface area contributed by atoms with Crippen molar-refractivity contribution in [2.75, 3.05) is 0 Å². The van der Waals surface area contributed by atoms with Crippen LogP contribution in [0.2, 0.25) is 0 Å². The number of hydrogen-bond donors (Lipinski definition) is 1. The molecule has 98 valence electrons. The van der Waals surface area contributed by atoms with Gasteiger partial charge in [0.1, 0.15) is 0 Å². The summed E-state index contributed by atoms with van der Waals surface area (Å²) in [5.41, 5.74) is 6.77. The van der Waals surface area contributed by atoms with Crippen LogP contribution in [0.4, 0.5) is 0 Å². The molecule has 0 radical (unpaired) electrons. The highest BCUT2D eigenvalue weighted by atomic mass is 14.6. The first-order chi connectivity index (χ1) is 7.70. The molecule has 1 unspecified atom stereocenters. The van der Waals surface area contributed by atoms with Crippen molar-refractivity contribution in [1.82, 2.24) is 0 Å². The summed E-state index contributed by atoms with van der Waals surface area (Å²) >= 11 is 0. The molecule has 2 N–H and O–H groups in total. The van der Waals surface area contributed by atoms with Crippen molar-refractivity contribution in [2.24, 2.45) is 5.73 Å². The van der Waals surface area contributed by atoms with E-state index in [0.29, 0.717) is 0 Å². The van der Waals surface area contributed by atoms with Gasteiger partial charge in [0, 0.05) is 6.04 Å². The Labute approximate surface area is 104 Å². The predicted molar refractivity (Wildman–Crippen MR) is 78.8 cm³/mol. The number of unbranched alkanes of at least 4 members (excludes halogenated alkanes) is 1. The van der Waals surface area contributed by atoms with E-state index < -0.39 is 0 Å². The van der Waals surface area contributed by atoms with Gasteiger partial charge < -0.3 is 5.73 Å². The van der Waals surface area contributed by atoms with Gasteiger partial charge in [-0.25, -0.2) is 0 Å². The van der Waals surface area contributed by atoms with Gasteiger partial charge in [-0.1, -0.05) is 78.7 Å². The van der Waals surface area contributed by atoms with E-state index in [1.54, 1.807) is 0 Å². The van der Waals surface area contributed by atoms with E-state index in [-0.39, 0.29) is 6.04 Å². The van der Waals surface area contributed by atoms with Crippen molar-refractivity contribution >= 4 is 0 Å². The molecule has 1 rings (SSSR count). The van der Waals surface area contributed by atoms with Crippen molar-refractivity contribution < 1.29 is 0 Å². The van der Waals surface area contributed by atoms with Crippen molar-refractivity contribution in [3.8, 4) is 0 Å². The molecular weight excluding hydrogens is 194 g/mol. The van der Waals surface area contributed by atoms with Crippen LogP contribution in [0.15, 0.2) is 24.3 Å². The molecule has 0 bridgehead atoms. The summed E-state index contributed by atoms with van der Waals surface area (Å²) < 4.78 is 0. The predicted octanol–water partition coefficient (Wildman–Crippen LogP) is 5.08. The summed E-state index contributed by atoms with van der Waals surface area (Å²) in [7, 11) is 0. The molecule has 0 amide bonds. The fraction of sp³-hybridized carbons (Fsp3) is 0.733. The van der Waals surface area contributed by atoms with Crippen LogP contribution < -0.4 is 5.73 Å². The van der Waals surface area contributed by atoms with Gasteiger partial charge in [0.2, 0.25) is 0 Å².